The van der Waals surface area contributed by atoms with Gasteiger partial charge in [0.2, 0.25) is 5.71 Å². The van der Waals surface area contributed by atoms with Crippen molar-refractivity contribution in [2.45, 2.75) is 46.6 Å². The van der Waals surface area contributed by atoms with Crippen molar-refractivity contribution in [3.8, 4) is 0 Å². The van der Waals surface area contributed by atoms with Gasteiger partial charge < -0.3 is 19.1 Å². The number of fused-ring (bicyclic) bond motifs is 1. The molecule has 1 amide bonds. The average molecular weight is 434 g/mol. The zero-order valence-corrected chi connectivity index (χ0v) is 19.4. The van der Waals surface area contributed by atoms with Crippen LogP contribution in [0.1, 0.15) is 47.3 Å². The molecular formula is C25H31N5O2. The highest BCUT2D eigenvalue weighted by Crippen LogP contribution is 2.34. The van der Waals surface area contributed by atoms with E-state index < -0.39 is 0 Å². The highest BCUT2D eigenvalue weighted by Gasteiger charge is 2.33. The van der Waals surface area contributed by atoms with Gasteiger partial charge >= 0.3 is 0 Å². The average Bonchev–Trinajstić information content (AvgIpc) is 3.40. The van der Waals surface area contributed by atoms with Crippen LogP contribution in [0.2, 0.25) is 0 Å². The number of amides is 1. The summed E-state index contributed by atoms with van der Waals surface area (Å²) in [6, 6.07) is 8.80. The molecule has 2 aromatic heterocycles. The van der Waals surface area contributed by atoms with Crippen LogP contribution < -0.4 is 9.80 Å². The second-order valence-corrected chi connectivity index (χ2v) is 9.13. The van der Waals surface area contributed by atoms with Gasteiger partial charge in [-0.15, -0.1) is 0 Å². The zero-order valence-electron chi connectivity index (χ0n) is 19.4. The quantitative estimate of drug-likeness (QED) is 0.620. The fourth-order valence-electron chi connectivity index (χ4n) is 5.10. The third-order valence-corrected chi connectivity index (χ3v) is 6.69. The molecule has 2 aliphatic heterocycles. The van der Waals surface area contributed by atoms with Gasteiger partial charge in [-0.3, -0.25) is 4.79 Å². The third kappa shape index (κ3) is 3.59. The van der Waals surface area contributed by atoms with E-state index in [0.29, 0.717) is 36.0 Å². The second-order valence-electron chi connectivity index (χ2n) is 9.13. The van der Waals surface area contributed by atoms with E-state index in [1.54, 1.807) is 0 Å². The number of carbonyl (C=O) groups excluding carboxylic acids is 1. The Morgan fingerprint density at radius 1 is 1.06 bits per heavy atom. The first kappa shape index (κ1) is 20.8. The Bertz CT molecular complexity index is 1160. The molecular weight excluding hydrogens is 402 g/mol. The maximum absolute atomic E-state index is 13.8. The van der Waals surface area contributed by atoms with Crippen LogP contribution in [-0.4, -0.2) is 59.5 Å². The molecule has 2 aliphatic rings. The van der Waals surface area contributed by atoms with E-state index >= 15 is 0 Å². The molecule has 0 spiro atoms. The van der Waals surface area contributed by atoms with Crippen molar-refractivity contribution in [2.75, 3.05) is 42.5 Å². The summed E-state index contributed by atoms with van der Waals surface area (Å²) in [7, 11) is 0. The molecule has 2 fully saturated rings. The van der Waals surface area contributed by atoms with Crippen LogP contribution in [-0.2, 0) is 0 Å². The lowest BCUT2D eigenvalue weighted by molar-refractivity contribution is 0.0726. The molecule has 0 bridgehead atoms. The number of aromatic nitrogens is 2. The monoisotopic (exact) mass is 433 g/mol. The smallest absolute Gasteiger partial charge is 0.258 e. The molecule has 0 unspecified atom stereocenters. The molecule has 1 atom stereocenters. The number of aryl methyl sites for hydroxylation is 3. The Hall–Kier alpha value is -3.09. The number of hydrogen-bond donors (Lipinski definition) is 0. The van der Waals surface area contributed by atoms with Gasteiger partial charge in [0.1, 0.15) is 17.4 Å². The van der Waals surface area contributed by atoms with Crippen molar-refractivity contribution in [2.24, 2.45) is 0 Å². The van der Waals surface area contributed by atoms with Gasteiger partial charge in [-0.1, -0.05) is 12.1 Å². The van der Waals surface area contributed by atoms with Crippen LogP contribution >= 0.6 is 0 Å². The van der Waals surface area contributed by atoms with Crippen LogP contribution in [0.5, 0.6) is 0 Å². The van der Waals surface area contributed by atoms with Gasteiger partial charge in [0, 0.05) is 44.5 Å². The van der Waals surface area contributed by atoms with E-state index in [1.165, 1.54) is 11.3 Å². The van der Waals surface area contributed by atoms with E-state index in [-0.39, 0.29) is 11.9 Å². The minimum Gasteiger partial charge on any atom is -0.442 e. The molecule has 0 radical (unpaired) electrons. The first-order valence-electron chi connectivity index (χ1n) is 11.6. The Morgan fingerprint density at radius 2 is 1.84 bits per heavy atom. The van der Waals surface area contributed by atoms with Crippen LogP contribution in [0.15, 0.2) is 28.7 Å². The molecule has 1 aromatic carbocycles. The molecule has 7 nitrogen and oxygen atoms in total. The highest BCUT2D eigenvalue weighted by molar-refractivity contribution is 6.10. The lowest BCUT2D eigenvalue weighted by Gasteiger charge is -2.41. The summed E-state index contributed by atoms with van der Waals surface area (Å²) < 4.78 is 5.99. The molecule has 0 N–H and O–H groups in total. The summed E-state index contributed by atoms with van der Waals surface area (Å²) >= 11 is 0. The SMILES string of the molecule is Cc1cccc(N2CCN(C(=O)c3c(C)oc4nc(C)nc(N5CCCC5)c34)C[C@@H]2C)c1. The summed E-state index contributed by atoms with van der Waals surface area (Å²) in [5.74, 6) is 2.16. The van der Waals surface area contributed by atoms with Gasteiger partial charge in [-0.2, -0.15) is 4.98 Å². The van der Waals surface area contributed by atoms with Crippen LogP contribution in [0.25, 0.3) is 11.1 Å². The standard InChI is InChI=1S/C25H31N5O2/c1-16-8-7-9-20(14-16)30-13-12-29(15-17(30)2)25(31)21-18(3)32-24-22(21)23(26-19(4)27-24)28-10-5-6-11-28/h7-9,14,17H,5-6,10-13,15H2,1-4H3/t17-/m0/s1. The lowest BCUT2D eigenvalue weighted by atomic mass is 10.1. The largest absolute Gasteiger partial charge is 0.442 e. The fraction of sp³-hybridized carbons (Fsp3) is 0.480. The van der Waals surface area contributed by atoms with Crippen LogP contribution in [0, 0.1) is 20.8 Å². The summed E-state index contributed by atoms with van der Waals surface area (Å²) in [6.07, 6.45) is 2.28. The van der Waals surface area contributed by atoms with Crippen molar-refractivity contribution >= 4 is 28.5 Å². The Kier molecular flexibility index (Phi) is 5.27. The van der Waals surface area contributed by atoms with Crippen LogP contribution in [0.3, 0.4) is 0 Å². The summed E-state index contributed by atoms with van der Waals surface area (Å²) in [6.45, 7) is 12.1. The molecule has 32 heavy (non-hydrogen) atoms. The number of piperazine rings is 1. The van der Waals surface area contributed by atoms with Gasteiger partial charge in [-0.05, 0) is 58.2 Å². The first-order chi connectivity index (χ1) is 15.4. The maximum Gasteiger partial charge on any atom is 0.258 e. The number of hydrogen-bond acceptors (Lipinski definition) is 6. The van der Waals surface area contributed by atoms with E-state index in [0.717, 1.165) is 43.7 Å². The minimum absolute atomic E-state index is 0.0184. The summed E-state index contributed by atoms with van der Waals surface area (Å²) in [5, 5.41) is 0.772. The van der Waals surface area contributed by atoms with E-state index in [1.807, 2.05) is 18.7 Å². The highest BCUT2D eigenvalue weighted by atomic mass is 16.3. The van der Waals surface area contributed by atoms with Gasteiger partial charge in [0.05, 0.1) is 10.9 Å². The number of anilines is 2. The first-order valence-corrected chi connectivity index (χ1v) is 11.6. The lowest BCUT2D eigenvalue weighted by Crippen LogP contribution is -2.53. The number of furan rings is 1. The fourth-order valence-corrected chi connectivity index (χ4v) is 5.10. The number of rotatable bonds is 3. The van der Waals surface area contributed by atoms with Gasteiger partial charge in [-0.25, -0.2) is 4.98 Å². The Morgan fingerprint density at radius 3 is 2.56 bits per heavy atom. The van der Waals surface area contributed by atoms with Crippen molar-refractivity contribution in [1.82, 2.24) is 14.9 Å². The predicted molar refractivity (Wildman–Crippen MR) is 127 cm³/mol. The van der Waals surface area contributed by atoms with Crippen molar-refractivity contribution < 1.29 is 9.21 Å². The number of carbonyl (C=O) groups is 1. The minimum atomic E-state index is 0.0184. The molecule has 4 heterocycles. The maximum atomic E-state index is 13.8. The zero-order chi connectivity index (χ0) is 22.4. The predicted octanol–water partition coefficient (Wildman–Crippen LogP) is 4.10. The molecule has 5 rings (SSSR count). The third-order valence-electron chi connectivity index (χ3n) is 6.69. The van der Waals surface area contributed by atoms with E-state index in [4.69, 9.17) is 9.40 Å². The molecule has 0 aliphatic carbocycles. The van der Waals surface area contributed by atoms with Crippen molar-refractivity contribution in [3.05, 3.63) is 47.0 Å². The molecule has 7 heteroatoms. The Balaban J connectivity index is 1.46. The summed E-state index contributed by atoms with van der Waals surface area (Å²) in [5.41, 5.74) is 3.61. The second kappa shape index (κ2) is 8.11. The van der Waals surface area contributed by atoms with Crippen LogP contribution in [0.4, 0.5) is 11.5 Å². The van der Waals surface area contributed by atoms with E-state index in [2.05, 4.69) is 52.9 Å². The van der Waals surface area contributed by atoms with Crippen molar-refractivity contribution in [3.63, 3.8) is 0 Å². The number of benzene rings is 1. The molecule has 0 saturated carbocycles. The van der Waals surface area contributed by atoms with Crippen molar-refractivity contribution in [1.29, 1.82) is 0 Å². The normalized spacial score (nSPS) is 19.2. The van der Waals surface area contributed by atoms with E-state index in [9.17, 15) is 4.79 Å². The Labute approximate surface area is 189 Å². The van der Waals surface area contributed by atoms with Gasteiger partial charge in [0.15, 0.2) is 0 Å². The molecule has 168 valence electrons. The summed E-state index contributed by atoms with van der Waals surface area (Å²) in [4.78, 5) is 29.6. The topological polar surface area (TPSA) is 65.7 Å². The van der Waals surface area contributed by atoms with Gasteiger partial charge in [0.25, 0.3) is 5.91 Å². The number of nitrogens with zero attached hydrogens (tertiary/aromatic N) is 5. The molecule has 2 saturated heterocycles. The molecule has 3 aromatic rings.